The third kappa shape index (κ3) is 2.26. The molecule has 2 aliphatic rings. The second-order valence-corrected chi connectivity index (χ2v) is 6.48. The average Bonchev–Trinajstić information content (AvgIpc) is 3.15. The zero-order chi connectivity index (χ0) is 16.7. The Balaban J connectivity index is 1.72. The fourth-order valence-corrected chi connectivity index (χ4v) is 3.75. The molecule has 1 spiro atoms. The molecule has 2 aromatic carbocycles. The summed E-state index contributed by atoms with van der Waals surface area (Å²) in [5.74, 6) is -1.33. The van der Waals surface area contributed by atoms with Gasteiger partial charge in [-0.05, 0) is 37.5 Å². The van der Waals surface area contributed by atoms with E-state index in [1.54, 1.807) is 0 Å². The van der Waals surface area contributed by atoms with Crippen LogP contribution in [-0.2, 0) is 26.5 Å². The second kappa shape index (κ2) is 5.72. The molecule has 0 saturated carbocycles. The Labute approximate surface area is 142 Å². The van der Waals surface area contributed by atoms with Gasteiger partial charge in [-0.15, -0.1) is 0 Å². The Morgan fingerprint density at radius 3 is 2.50 bits per heavy atom. The fourth-order valence-electron chi connectivity index (χ4n) is 3.75. The highest BCUT2D eigenvalue weighted by atomic mass is 16.7. The highest BCUT2D eigenvalue weighted by Gasteiger charge is 2.56. The normalized spacial score (nSPS) is 18.4. The van der Waals surface area contributed by atoms with Crippen molar-refractivity contribution in [2.45, 2.75) is 26.1 Å². The Morgan fingerprint density at radius 1 is 1.08 bits per heavy atom. The van der Waals surface area contributed by atoms with Crippen LogP contribution in [0.1, 0.15) is 22.3 Å². The van der Waals surface area contributed by atoms with E-state index in [1.807, 2.05) is 43.0 Å². The molecule has 0 N–H and O–H groups in total. The van der Waals surface area contributed by atoms with E-state index in [-0.39, 0.29) is 5.91 Å². The lowest BCUT2D eigenvalue weighted by Crippen LogP contribution is -2.42. The molecule has 2 aromatic rings. The molecule has 0 unspecified atom stereocenters. The van der Waals surface area contributed by atoms with E-state index in [4.69, 9.17) is 9.47 Å². The fraction of sp³-hybridized carbons (Fsp3) is 0.350. The number of benzene rings is 2. The number of carbonyl (C=O) groups excluding carboxylic acids is 1. The van der Waals surface area contributed by atoms with E-state index in [0.29, 0.717) is 19.8 Å². The van der Waals surface area contributed by atoms with E-state index in [9.17, 15) is 4.79 Å². The molecular formula is C20H21NO3. The van der Waals surface area contributed by atoms with Gasteiger partial charge in [0.25, 0.3) is 11.7 Å². The standard InChI is InChI=1S/C20H21NO3/c1-14-12-15(2)18-17(13-14)20(23-10-11-24-20)19(22)21(18)9-8-16-6-4-3-5-7-16/h3-7,12-13H,8-11H2,1-2H3. The lowest BCUT2D eigenvalue weighted by atomic mass is 10.0. The van der Waals surface area contributed by atoms with Crippen molar-refractivity contribution in [3.63, 3.8) is 0 Å². The monoisotopic (exact) mass is 323 g/mol. The number of hydrogen-bond donors (Lipinski definition) is 0. The van der Waals surface area contributed by atoms with Crippen LogP contribution < -0.4 is 4.90 Å². The zero-order valence-electron chi connectivity index (χ0n) is 14.0. The molecule has 4 nitrogen and oxygen atoms in total. The van der Waals surface area contributed by atoms with Crippen LogP contribution in [0.5, 0.6) is 0 Å². The number of anilines is 1. The van der Waals surface area contributed by atoms with Gasteiger partial charge in [-0.3, -0.25) is 4.79 Å². The number of carbonyl (C=O) groups is 1. The molecule has 24 heavy (non-hydrogen) atoms. The van der Waals surface area contributed by atoms with Crippen molar-refractivity contribution in [3.05, 3.63) is 64.7 Å². The number of fused-ring (bicyclic) bond motifs is 2. The molecule has 0 radical (unpaired) electrons. The molecule has 4 rings (SSSR count). The molecule has 0 bridgehead atoms. The van der Waals surface area contributed by atoms with E-state index in [0.717, 1.165) is 28.8 Å². The Kier molecular flexibility index (Phi) is 3.66. The highest BCUT2D eigenvalue weighted by Crippen LogP contribution is 2.47. The van der Waals surface area contributed by atoms with Crippen LogP contribution in [0.3, 0.4) is 0 Å². The number of ether oxygens (including phenoxy) is 2. The maximum atomic E-state index is 13.1. The Hall–Kier alpha value is -2.17. The molecule has 2 heterocycles. The van der Waals surface area contributed by atoms with Crippen LogP contribution in [-0.4, -0.2) is 25.7 Å². The van der Waals surface area contributed by atoms with Gasteiger partial charge in [0.1, 0.15) is 0 Å². The number of aryl methyl sites for hydroxylation is 2. The number of rotatable bonds is 3. The summed E-state index contributed by atoms with van der Waals surface area (Å²) in [6.45, 7) is 5.60. The van der Waals surface area contributed by atoms with E-state index in [1.165, 1.54) is 5.56 Å². The molecule has 1 saturated heterocycles. The van der Waals surface area contributed by atoms with Crippen molar-refractivity contribution >= 4 is 11.6 Å². The van der Waals surface area contributed by atoms with E-state index >= 15 is 0 Å². The van der Waals surface area contributed by atoms with E-state index in [2.05, 4.69) is 18.2 Å². The number of hydrogen-bond acceptors (Lipinski definition) is 3. The van der Waals surface area contributed by atoms with Gasteiger partial charge in [-0.25, -0.2) is 0 Å². The number of amides is 1. The minimum absolute atomic E-state index is 0.0976. The molecule has 4 heteroatoms. The van der Waals surface area contributed by atoms with Gasteiger partial charge < -0.3 is 14.4 Å². The smallest absolute Gasteiger partial charge is 0.292 e. The predicted octanol–water partition coefficient (Wildman–Crippen LogP) is 3.09. The van der Waals surface area contributed by atoms with Crippen LogP contribution in [0.4, 0.5) is 5.69 Å². The minimum atomic E-state index is -1.23. The predicted molar refractivity (Wildman–Crippen MR) is 92.0 cm³/mol. The summed E-state index contributed by atoms with van der Waals surface area (Å²) in [5, 5.41) is 0. The molecular weight excluding hydrogens is 302 g/mol. The van der Waals surface area contributed by atoms with Gasteiger partial charge in [0, 0.05) is 12.1 Å². The van der Waals surface area contributed by atoms with E-state index < -0.39 is 5.79 Å². The summed E-state index contributed by atoms with van der Waals surface area (Å²) in [6.07, 6.45) is 0.801. The van der Waals surface area contributed by atoms with Crippen molar-refractivity contribution in [1.29, 1.82) is 0 Å². The summed E-state index contributed by atoms with van der Waals surface area (Å²) in [5.41, 5.74) is 5.22. The van der Waals surface area contributed by atoms with Crippen molar-refractivity contribution in [2.24, 2.45) is 0 Å². The van der Waals surface area contributed by atoms with Crippen molar-refractivity contribution in [3.8, 4) is 0 Å². The Bertz CT molecular complexity index is 779. The van der Waals surface area contributed by atoms with Gasteiger partial charge >= 0.3 is 0 Å². The maximum Gasteiger partial charge on any atom is 0.292 e. The third-order valence-electron chi connectivity index (χ3n) is 4.76. The first-order valence-electron chi connectivity index (χ1n) is 8.37. The molecule has 0 aliphatic carbocycles. The topological polar surface area (TPSA) is 38.8 Å². The van der Waals surface area contributed by atoms with Crippen LogP contribution in [0.25, 0.3) is 0 Å². The lowest BCUT2D eigenvalue weighted by molar-refractivity contribution is -0.180. The van der Waals surface area contributed by atoms with Crippen LogP contribution in [0.15, 0.2) is 42.5 Å². The van der Waals surface area contributed by atoms with Crippen LogP contribution in [0, 0.1) is 13.8 Å². The van der Waals surface area contributed by atoms with Gasteiger partial charge in [0.15, 0.2) is 0 Å². The van der Waals surface area contributed by atoms with Crippen molar-refractivity contribution < 1.29 is 14.3 Å². The molecule has 0 aromatic heterocycles. The van der Waals surface area contributed by atoms with Gasteiger partial charge in [0.05, 0.1) is 18.9 Å². The molecule has 2 aliphatic heterocycles. The summed E-state index contributed by atoms with van der Waals surface area (Å²) in [4.78, 5) is 15.0. The summed E-state index contributed by atoms with van der Waals surface area (Å²) in [6, 6.07) is 14.3. The van der Waals surface area contributed by atoms with Gasteiger partial charge in [-0.2, -0.15) is 0 Å². The summed E-state index contributed by atoms with van der Waals surface area (Å²) < 4.78 is 11.6. The molecule has 0 atom stereocenters. The SMILES string of the molecule is Cc1cc(C)c2c(c1)C1(OCCO1)C(=O)N2CCc1ccccc1. The van der Waals surface area contributed by atoms with Crippen LogP contribution in [0.2, 0.25) is 0 Å². The summed E-state index contributed by atoms with van der Waals surface area (Å²) in [7, 11) is 0. The first-order valence-corrected chi connectivity index (χ1v) is 8.37. The Morgan fingerprint density at radius 2 is 1.79 bits per heavy atom. The van der Waals surface area contributed by atoms with Crippen molar-refractivity contribution in [2.75, 3.05) is 24.7 Å². The lowest BCUT2D eigenvalue weighted by Gasteiger charge is -2.22. The van der Waals surface area contributed by atoms with Gasteiger partial charge in [-0.1, -0.05) is 42.0 Å². The number of nitrogens with zero attached hydrogens (tertiary/aromatic N) is 1. The average molecular weight is 323 g/mol. The largest absolute Gasteiger partial charge is 0.336 e. The summed E-state index contributed by atoms with van der Waals surface area (Å²) >= 11 is 0. The van der Waals surface area contributed by atoms with Gasteiger partial charge in [0.2, 0.25) is 0 Å². The second-order valence-electron chi connectivity index (χ2n) is 6.48. The first kappa shape index (κ1) is 15.4. The zero-order valence-corrected chi connectivity index (χ0v) is 14.0. The minimum Gasteiger partial charge on any atom is -0.336 e. The maximum absolute atomic E-state index is 13.1. The third-order valence-corrected chi connectivity index (χ3v) is 4.76. The first-order chi connectivity index (χ1) is 11.6. The molecule has 1 fully saturated rings. The van der Waals surface area contributed by atoms with Crippen LogP contribution >= 0.6 is 0 Å². The van der Waals surface area contributed by atoms with Crippen molar-refractivity contribution in [1.82, 2.24) is 0 Å². The highest BCUT2D eigenvalue weighted by molar-refractivity contribution is 6.07. The molecule has 124 valence electrons. The molecule has 1 amide bonds. The quantitative estimate of drug-likeness (QED) is 0.871.